The maximum atomic E-state index is 12.9. The van der Waals surface area contributed by atoms with Gasteiger partial charge in [-0.25, -0.2) is 0 Å². The van der Waals surface area contributed by atoms with Gasteiger partial charge in [-0.05, 0) is 36.1 Å². The first-order valence-corrected chi connectivity index (χ1v) is 8.26. The summed E-state index contributed by atoms with van der Waals surface area (Å²) in [5.74, 6) is -1.51. The third-order valence-corrected chi connectivity index (χ3v) is 6.39. The largest absolute Gasteiger partial charge is 0.508 e. The van der Waals surface area contributed by atoms with Gasteiger partial charge in [0.05, 0.1) is 0 Å². The van der Waals surface area contributed by atoms with Crippen molar-refractivity contribution >= 4 is 35.0 Å². The van der Waals surface area contributed by atoms with Crippen LogP contribution in [0.4, 0.5) is 0 Å². The topological polar surface area (TPSA) is 57.6 Å². The molecule has 1 saturated heterocycles. The number of imide groups is 1. The number of phenolic OH excluding ortho intramolecular Hbond substituents is 1. The number of phenols is 1. The summed E-state index contributed by atoms with van der Waals surface area (Å²) in [4.78, 5) is 23.2. The standard InChI is InChI=1S/C18H17Cl2NO3/c1-4-11-7-8-17(19)15(23)21(3)16(24)18(17,20)14(11)12-5-6-13(22)10(2)9-12/h4-7,9,14,22H,1,8H2,2-3H3. The lowest BCUT2D eigenvalue weighted by molar-refractivity contribution is -0.137. The van der Waals surface area contributed by atoms with E-state index in [1.165, 1.54) is 7.05 Å². The van der Waals surface area contributed by atoms with Crippen molar-refractivity contribution in [2.75, 3.05) is 7.05 Å². The van der Waals surface area contributed by atoms with E-state index in [0.717, 1.165) is 10.5 Å². The van der Waals surface area contributed by atoms with Crippen molar-refractivity contribution in [1.29, 1.82) is 0 Å². The molecule has 2 amide bonds. The number of carbonyl (C=O) groups excluding carboxylic acids is 2. The second-order valence-corrected chi connectivity index (χ2v) is 7.51. The smallest absolute Gasteiger partial charge is 0.253 e. The average Bonchev–Trinajstić information content (AvgIpc) is 2.69. The number of hydrogen-bond donors (Lipinski definition) is 1. The van der Waals surface area contributed by atoms with E-state index in [1.54, 1.807) is 37.3 Å². The van der Waals surface area contributed by atoms with Crippen LogP contribution in [0.2, 0.25) is 0 Å². The highest BCUT2D eigenvalue weighted by Gasteiger charge is 2.72. The molecule has 126 valence electrons. The van der Waals surface area contributed by atoms with E-state index < -0.39 is 27.5 Å². The molecule has 3 unspecified atom stereocenters. The minimum atomic E-state index is -1.64. The maximum absolute atomic E-state index is 12.9. The van der Waals surface area contributed by atoms with Crippen molar-refractivity contribution in [2.24, 2.45) is 0 Å². The van der Waals surface area contributed by atoms with E-state index in [2.05, 4.69) is 6.58 Å². The van der Waals surface area contributed by atoms with Gasteiger partial charge < -0.3 is 5.11 Å². The number of halogens is 2. The molecule has 0 spiro atoms. The summed E-state index contributed by atoms with van der Waals surface area (Å²) in [7, 11) is 1.39. The minimum absolute atomic E-state index is 0.144. The fourth-order valence-electron chi connectivity index (χ4n) is 3.60. The van der Waals surface area contributed by atoms with Gasteiger partial charge in [-0.2, -0.15) is 0 Å². The SMILES string of the molecule is C=CC1=CCC2(Cl)C(=O)N(C)C(=O)C2(Cl)C1c1ccc(O)c(C)c1. The van der Waals surface area contributed by atoms with Crippen LogP contribution in [0.1, 0.15) is 23.5 Å². The Morgan fingerprint density at radius 2 is 2.00 bits per heavy atom. The van der Waals surface area contributed by atoms with Gasteiger partial charge in [0.1, 0.15) is 5.75 Å². The van der Waals surface area contributed by atoms with Crippen LogP contribution < -0.4 is 0 Å². The summed E-state index contributed by atoms with van der Waals surface area (Å²) in [6, 6.07) is 4.98. The van der Waals surface area contributed by atoms with Crippen LogP contribution in [0.15, 0.2) is 42.5 Å². The Hall–Kier alpha value is -1.78. The Labute approximate surface area is 150 Å². The molecule has 1 N–H and O–H groups in total. The summed E-state index contributed by atoms with van der Waals surface area (Å²) in [5, 5.41) is 9.78. The lowest BCUT2D eigenvalue weighted by Crippen LogP contribution is -2.54. The third-order valence-electron chi connectivity index (χ3n) is 4.98. The number of allylic oxidation sites excluding steroid dienone is 3. The van der Waals surface area contributed by atoms with Gasteiger partial charge in [-0.3, -0.25) is 14.5 Å². The summed E-state index contributed by atoms with van der Waals surface area (Å²) in [6.45, 7) is 5.55. The van der Waals surface area contributed by atoms with Crippen LogP contribution in [0.25, 0.3) is 0 Å². The molecule has 1 fully saturated rings. The molecule has 0 radical (unpaired) electrons. The fraction of sp³-hybridized carbons (Fsp3) is 0.333. The number of carbonyl (C=O) groups is 2. The van der Waals surface area contributed by atoms with Crippen LogP contribution in [-0.4, -0.2) is 38.6 Å². The zero-order chi connectivity index (χ0) is 17.9. The summed E-state index contributed by atoms with van der Waals surface area (Å²) in [5.41, 5.74) is 2.09. The van der Waals surface area contributed by atoms with Crippen molar-refractivity contribution in [3.05, 3.63) is 53.6 Å². The molecule has 4 nitrogen and oxygen atoms in total. The predicted octanol–water partition coefficient (Wildman–Crippen LogP) is 3.25. The number of rotatable bonds is 2. The lowest BCUT2D eigenvalue weighted by atomic mass is 9.68. The maximum Gasteiger partial charge on any atom is 0.253 e. The molecule has 6 heteroatoms. The zero-order valence-electron chi connectivity index (χ0n) is 13.3. The lowest BCUT2D eigenvalue weighted by Gasteiger charge is -2.42. The first-order chi connectivity index (χ1) is 11.2. The summed E-state index contributed by atoms with van der Waals surface area (Å²) >= 11 is 13.4. The van der Waals surface area contributed by atoms with E-state index >= 15 is 0 Å². The van der Waals surface area contributed by atoms with E-state index in [1.807, 2.05) is 0 Å². The van der Waals surface area contributed by atoms with Crippen LogP contribution >= 0.6 is 23.2 Å². The van der Waals surface area contributed by atoms with E-state index in [-0.39, 0.29) is 12.2 Å². The highest BCUT2D eigenvalue weighted by atomic mass is 35.5. The van der Waals surface area contributed by atoms with Crippen molar-refractivity contribution in [1.82, 2.24) is 4.90 Å². The number of benzene rings is 1. The fourth-order valence-corrected chi connectivity index (χ4v) is 4.53. The van der Waals surface area contributed by atoms with E-state index in [4.69, 9.17) is 23.2 Å². The Morgan fingerprint density at radius 1 is 1.33 bits per heavy atom. The molecule has 1 aliphatic heterocycles. The molecule has 1 aromatic rings. The zero-order valence-corrected chi connectivity index (χ0v) is 14.9. The van der Waals surface area contributed by atoms with Crippen LogP contribution in [0.3, 0.4) is 0 Å². The summed E-state index contributed by atoms with van der Waals surface area (Å²) < 4.78 is 0. The van der Waals surface area contributed by atoms with Crippen LogP contribution in [-0.2, 0) is 9.59 Å². The van der Waals surface area contributed by atoms with Gasteiger partial charge >= 0.3 is 0 Å². The highest BCUT2D eigenvalue weighted by Crippen LogP contribution is 2.58. The molecular formula is C18H17Cl2NO3. The van der Waals surface area contributed by atoms with Crippen LogP contribution in [0.5, 0.6) is 5.75 Å². The number of aryl methyl sites for hydroxylation is 1. The molecule has 3 rings (SSSR count). The van der Waals surface area contributed by atoms with Gasteiger partial charge in [0.2, 0.25) is 0 Å². The Bertz CT molecular complexity index is 803. The van der Waals surface area contributed by atoms with Gasteiger partial charge in [-0.15, -0.1) is 23.2 Å². The third kappa shape index (κ3) is 1.93. The quantitative estimate of drug-likeness (QED) is 0.646. The Balaban J connectivity index is 2.28. The van der Waals surface area contributed by atoms with Crippen molar-refractivity contribution in [3.8, 4) is 5.75 Å². The number of amides is 2. The van der Waals surface area contributed by atoms with Gasteiger partial charge in [-0.1, -0.05) is 30.9 Å². The van der Waals surface area contributed by atoms with Gasteiger partial charge in [0.25, 0.3) is 11.8 Å². The number of fused-ring (bicyclic) bond motifs is 1. The van der Waals surface area contributed by atoms with Gasteiger partial charge in [0.15, 0.2) is 9.75 Å². The number of likely N-dealkylation sites (tertiary alicyclic amines) is 1. The molecule has 1 aliphatic carbocycles. The van der Waals surface area contributed by atoms with Crippen molar-refractivity contribution < 1.29 is 14.7 Å². The van der Waals surface area contributed by atoms with Gasteiger partial charge in [0, 0.05) is 13.0 Å². The monoisotopic (exact) mass is 365 g/mol. The van der Waals surface area contributed by atoms with Crippen LogP contribution in [0, 0.1) is 6.92 Å². The second-order valence-electron chi connectivity index (χ2n) is 6.27. The number of alkyl halides is 2. The molecule has 24 heavy (non-hydrogen) atoms. The molecule has 0 saturated carbocycles. The summed E-state index contributed by atoms with van der Waals surface area (Å²) in [6.07, 6.45) is 3.59. The van der Waals surface area contributed by atoms with Crippen molar-refractivity contribution in [3.63, 3.8) is 0 Å². The molecule has 3 atom stereocenters. The normalized spacial score (nSPS) is 32.6. The number of aromatic hydroxyl groups is 1. The highest BCUT2D eigenvalue weighted by molar-refractivity contribution is 6.53. The first-order valence-electron chi connectivity index (χ1n) is 7.51. The number of hydrogen-bond acceptors (Lipinski definition) is 3. The first kappa shape index (κ1) is 17.1. The minimum Gasteiger partial charge on any atom is -0.508 e. The van der Waals surface area contributed by atoms with E-state index in [9.17, 15) is 14.7 Å². The van der Waals surface area contributed by atoms with E-state index in [0.29, 0.717) is 11.1 Å². The van der Waals surface area contributed by atoms with Crippen molar-refractivity contribution in [2.45, 2.75) is 29.0 Å². The molecule has 2 aliphatic rings. The Kier molecular flexibility index (Phi) is 3.81. The molecular weight excluding hydrogens is 349 g/mol. The molecule has 0 aromatic heterocycles. The molecule has 0 bridgehead atoms. The molecule has 1 heterocycles. The molecule has 1 aromatic carbocycles. The predicted molar refractivity (Wildman–Crippen MR) is 93.4 cm³/mol. The average molecular weight is 366 g/mol. The number of nitrogens with zero attached hydrogens (tertiary/aromatic N) is 1. The second kappa shape index (κ2) is 5.36. The Morgan fingerprint density at radius 3 is 2.58 bits per heavy atom.